The Labute approximate surface area is 163 Å². The van der Waals surface area contributed by atoms with Gasteiger partial charge in [0.1, 0.15) is 17.5 Å². The van der Waals surface area contributed by atoms with E-state index in [-0.39, 0.29) is 40.7 Å². The maximum Gasteiger partial charge on any atom is 0.418 e. The van der Waals surface area contributed by atoms with Crippen molar-refractivity contribution in [1.29, 1.82) is 0 Å². The highest BCUT2D eigenvalue weighted by Crippen LogP contribution is 2.42. The lowest BCUT2D eigenvalue weighted by atomic mass is 10.1. The van der Waals surface area contributed by atoms with E-state index < -0.39 is 19.8 Å². The van der Waals surface area contributed by atoms with Crippen molar-refractivity contribution < 1.29 is 17.9 Å². The number of nitrogens with zero attached hydrogens (tertiary/aromatic N) is 2. The number of alkyl halides is 3. The van der Waals surface area contributed by atoms with Crippen molar-refractivity contribution in [3.8, 4) is 0 Å². The largest absolute Gasteiger partial charge is 0.418 e. The maximum absolute atomic E-state index is 13.9. The third-order valence-corrected chi connectivity index (χ3v) is 6.28. The number of halogens is 4. The molecule has 2 aromatic heterocycles. The second-order valence-corrected chi connectivity index (χ2v) is 13.9. The van der Waals surface area contributed by atoms with E-state index in [9.17, 15) is 13.2 Å². The van der Waals surface area contributed by atoms with E-state index in [1.165, 1.54) is 10.6 Å². The van der Waals surface area contributed by atoms with Crippen LogP contribution in [0.1, 0.15) is 31.0 Å². The topological polar surface area (TPSA) is 53.1 Å². The molecule has 152 valence electrons. The lowest BCUT2D eigenvalue weighted by Gasteiger charge is -2.17. The molecule has 0 unspecified atom stereocenters. The molecule has 0 atom stereocenters. The number of pyridine rings is 1. The van der Waals surface area contributed by atoms with Gasteiger partial charge >= 0.3 is 6.18 Å². The van der Waals surface area contributed by atoms with Gasteiger partial charge in [0, 0.05) is 26.1 Å². The van der Waals surface area contributed by atoms with Gasteiger partial charge in [-0.05, 0) is 25.0 Å². The van der Waals surface area contributed by atoms with Crippen molar-refractivity contribution in [2.45, 2.75) is 64.8 Å². The molecule has 9 heteroatoms. The van der Waals surface area contributed by atoms with Crippen LogP contribution in [0.5, 0.6) is 0 Å². The van der Waals surface area contributed by atoms with Gasteiger partial charge in [-0.25, -0.2) is 4.98 Å². The van der Waals surface area contributed by atoms with Crippen LogP contribution in [0.3, 0.4) is 0 Å². The van der Waals surface area contributed by atoms with Gasteiger partial charge in [-0.1, -0.05) is 44.6 Å². The third-order valence-electron chi connectivity index (χ3n) is 4.39. The first-order chi connectivity index (χ1) is 12.5. The minimum atomic E-state index is -4.53. The number of aromatic nitrogens is 2. The Kier molecular flexibility index (Phi) is 6.86. The van der Waals surface area contributed by atoms with Crippen LogP contribution >= 0.6 is 11.6 Å². The highest BCUT2D eigenvalue weighted by atomic mass is 35.5. The summed E-state index contributed by atoms with van der Waals surface area (Å²) in [6.45, 7) is 9.10. The Balaban J connectivity index is 2.54. The number of rotatable bonds is 8. The molecular weight excluding hydrogens is 395 g/mol. The van der Waals surface area contributed by atoms with Crippen molar-refractivity contribution in [3.05, 3.63) is 22.5 Å². The Hall–Kier alpha value is -1.25. The molecule has 0 bridgehead atoms. The molecule has 0 aliphatic heterocycles. The number of hydrogen-bond acceptors (Lipinski definition) is 3. The Morgan fingerprint density at radius 3 is 2.52 bits per heavy atom. The van der Waals surface area contributed by atoms with Crippen LogP contribution < -0.4 is 5.73 Å². The Morgan fingerprint density at radius 1 is 1.30 bits per heavy atom. The van der Waals surface area contributed by atoms with Gasteiger partial charge in [0.2, 0.25) is 0 Å². The molecule has 0 fully saturated rings. The van der Waals surface area contributed by atoms with E-state index in [2.05, 4.69) is 24.6 Å². The minimum absolute atomic E-state index is 0.00287. The molecule has 0 aromatic carbocycles. The standard InChI is InChI=1S/C18H27ClF3N3OSi/c1-5-6-7-13-16(18(20,21)22)15-12(23)10-14(19)24-17(15)25(13)11-26-8-9-27(2,3)4/h10H,5-9,11H2,1-4H3,(H2,23,24). The zero-order valence-corrected chi connectivity index (χ0v) is 18.0. The quantitative estimate of drug-likeness (QED) is 0.325. The Bertz CT molecular complexity index is 800. The highest BCUT2D eigenvalue weighted by molar-refractivity contribution is 6.76. The average molecular weight is 422 g/mol. The number of nitrogens with two attached hydrogens (primary N) is 1. The fraction of sp³-hybridized carbons (Fsp3) is 0.611. The number of unbranched alkanes of at least 4 members (excludes halogenated alkanes) is 1. The van der Waals surface area contributed by atoms with Crippen LogP contribution in [0.25, 0.3) is 11.0 Å². The van der Waals surface area contributed by atoms with E-state index in [1.807, 2.05) is 6.92 Å². The summed E-state index contributed by atoms with van der Waals surface area (Å²) < 4.78 is 48.9. The molecule has 2 N–H and O–H groups in total. The molecule has 0 saturated carbocycles. The van der Waals surface area contributed by atoms with E-state index in [4.69, 9.17) is 22.1 Å². The van der Waals surface area contributed by atoms with Crippen molar-refractivity contribution >= 4 is 36.4 Å². The number of fused-ring (bicyclic) bond motifs is 1. The first-order valence-corrected chi connectivity index (χ1v) is 13.2. The van der Waals surface area contributed by atoms with Crippen LogP contribution in [0.4, 0.5) is 18.9 Å². The first-order valence-electron chi connectivity index (χ1n) is 9.07. The van der Waals surface area contributed by atoms with Crippen LogP contribution in [0, 0.1) is 0 Å². The second kappa shape index (κ2) is 8.41. The van der Waals surface area contributed by atoms with Gasteiger partial charge in [0.05, 0.1) is 10.9 Å². The number of nitrogen functional groups attached to an aromatic ring is 1. The summed E-state index contributed by atoms with van der Waals surface area (Å²) in [6.07, 6.45) is -2.86. The lowest BCUT2D eigenvalue weighted by molar-refractivity contribution is -0.137. The second-order valence-electron chi connectivity index (χ2n) is 7.93. The predicted octanol–water partition coefficient (Wildman–Crippen LogP) is 5.95. The monoisotopic (exact) mass is 421 g/mol. The highest BCUT2D eigenvalue weighted by Gasteiger charge is 2.39. The maximum atomic E-state index is 13.9. The molecule has 4 nitrogen and oxygen atoms in total. The molecule has 0 aliphatic rings. The summed E-state index contributed by atoms with van der Waals surface area (Å²) in [7, 11) is -1.30. The fourth-order valence-electron chi connectivity index (χ4n) is 2.96. The molecule has 0 radical (unpaired) electrons. The summed E-state index contributed by atoms with van der Waals surface area (Å²) in [5.74, 6) is 0. The fourth-order valence-corrected chi connectivity index (χ4v) is 3.91. The third kappa shape index (κ3) is 5.39. The number of hydrogen-bond donors (Lipinski definition) is 1. The van der Waals surface area contributed by atoms with Crippen molar-refractivity contribution in [2.75, 3.05) is 12.3 Å². The SMILES string of the molecule is CCCCc1c(C(F)(F)F)c2c(N)cc(Cl)nc2n1COCC[Si](C)(C)C. The molecule has 0 amide bonds. The summed E-state index contributed by atoms with van der Waals surface area (Å²) in [5.41, 5.74) is 5.46. The minimum Gasteiger partial charge on any atom is -0.398 e. The van der Waals surface area contributed by atoms with Crippen molar-refractivity contribution in [2.24, 2.45) is 0 Å². The Morgan fingerprint density at radius 2 is 1.96 bits per heavy atom. The zero-order chi connectivity index (χ0) is 20.4. The van der Waals surface area contributed by atoms with Gasteiger partial charge < -0.3 is 15.0 Å². The van der Waals surface area contributed by atoms with E-state index in [0.29, 0.717) is 13.0 Å². The summed E-state index contributed by atoms with van der Waals surface area (Å²) in [6, 6.07) is 2.19. The van der Waals surface area contributed by atoms with Crippen molar-refractivity contribution in [3.63, 3.8) is 0 Å². The normalized spacial score (nSPS) is 12.9. The molecular formula is C18H27ClF3N3OSi. The van der Waals surface area contributed by atoms with Crippen molar-refractivity contribution in [1.82, 2.24) is 9.55 Å². The van der Waals surface area contributed by atoms with Gasteiger partial charge in [-0.3, -0.25) is 0 Å². The van der Waals surface area contributed by atoms with Crippen LogP contribution in [-0.2, 0) is 24.1 Å². The average Bonchev–Trinajstić information content (AvgIpc) is 2.82. The molecule has 0 spiro atoms. The summed E-state index contributed by atoms with van der Waals surface area (Å²) in [4.78, 5) is 4.14. The molecule has 27 heavy (non-hydrogen) atoms. The van der Waals surface area contributed by atoms with E-state index >= 15 is 0 Å². The smallest absolute Gasteiger partial charge is 0.398 e. The molecule has 0 aliphatic carbocycles. The summed E-state index contributed by atoms with van der Waals surface area (Å²) >= 11 is 5.98. The molecule has 2 aromatic rings. The number of ether oxygens (including phenoxy) is 1. The van der Waals surface area contributed by atoms with Crippen LogP contribution in [-0.4, -0.2) is 24.2 Å². The van der Waals surface area contributed by atoms with E-state index in [1.54, 1.807) is 0 Å². The first kappa shape index (κ1) is 22.0. The number of anilines is 1. The predicted molar refractivity (Wildman–Crippen MR) is 107 cm³/mol. The molecule has 2 rings (SSSR count). The summed E-state index contributed by atoms with van der Waals surface area (Å²) in [5, 5.41) is -0.0246. The van der Waals surface area contributed by atoms with Gasteiger partial charge in [-0.15, -0.1) is 0 Å². The van der Waals surface area contributed by atoms with Gasteiger partial charge in [0.25, 0.3) is 0 Å². The molecule has 2 heterocycles. The van der Waals surface area contributed by atoms with Crippen LogP contribution in [0.2, 0.25) is 30.8 Å². The lowest BCUT2D eigenvalue weighted by Crippen LogP contribution is -2.22. The van der Waals surface area contributed by atoms with Crippen LogP contribution in [0.15, 0.2) is 6.07 Å². The molecule has 0 saturated heterocycles. The van der Waals surface area contributed by atoms with Gasteiger partial charge in [-0.2, -0.15) is 13.2 Å². The zero-order valence-electron chi connectivity index (χ0n) is 16.2. The van der Waals surface area contributed by atoms with E-state index in [0.717, 1.165) is 12.5 Å². The van der Waals surface area contributed by atoms with Gasteiger partial charge in [0.15, 0.2) is 0 Å².